The fourth-order valence-electron chi connectivity index (χ4n) is 4.96. The summed E-state index contributed by atoms with van der Waals surface area (Å²) in [6, 6.07) is 18.2. The summed E-state index contributed by atoms with van der Waals surface area (Å²) in [5.74, 6) is 1.77. The monoisotopic (exact) mass is 450 g/mol. The zero-order chi connectivity index (χ0) is 23.1. The lowest BCUT2D eigenvalue weighted by Crippen LogP contribution is -2.14. The van der Waals surface area contributed by atoms with Crippen molar-refractivity contribution in [3.8, 4) is 22.9 Å². The van der Waals surface area contributed by atoms with Crippen LogP contribution in [0.2, 0.25) is 0 Å². The minimum absolute atomic E-state index is 0.339. The van der Waals surface area contributed by atoms with E-state index in [1.165, 1.54) is 25.6 Å². The number of aryl methyl sites for hydroxylation is 1. The van der Waals surface area contributed by atoms with Crippen LogP contribution in [0.15, 0.2) is 60.9 Å². The van der Waals surface area contributed by atoms with Gasteiger partial charge in [0.2, 0.25) is 5.88 Å². The molecule has 170 valence electrons. The number of nitrogens with two attached hydrogens (primary N) is 1. The van der Waals surface area contributed by atoms with E-state index in [2.05, 4.69) is 39.8 Å². The van der Waals surface area contributed by atoms with Gasteiger partial charge in [-0.1, -0.05) is 49.6 Å². The maximum atomic E-state index is 6.34. The average molecular weight is 451 g/mol. The summed E-state index contributed by atoms with van der Waals surface area (Å²) < 4.78 is 8.08. The number of ether oxygens (including phenoxy) is 1. The minimum Gasteiger partial charge on any atom is -0.439 e. The molecule has 0 atom stereocenters. The molecule has 7 heteroatoms. The number of hydrogen-bond acceptors (Lipinski definition) is 6. The molecule has 7 nitrogen and oxygen atoms in total. The summed E-state index contributed by atoms with van der Waals surface area (Å²) in [4.78, 5) is 13.6. The predicted molar refractivity (Wildman–Crippen MR) is 134 cm³/mol. The van der Waals surface area contributed by atoms with Crippen molar-refractivity contribution >= 4 is 27.8 Å². The Balaban J connectivity index is 1.47. The first-order valence-electron chi connectivity index (χ1n) is 11.8. The molecule has 1 saturated carbocycles. The summed E-state index contributed by atoms with van der Waals surface area (Å²) >= 11 is 0. The molecule has 5 aromatic rings. The molecule has 0 bridgehead atoms. The Hall–Kier alpha value is -4.00. The van der Waals surface area contributed by atoms with Crippen LogP contribution in [-0.2, 0) is 0 Å². The standard InChI is InChI=1S/C27H26N6O/c1-17-14-23(34-20-10-6-3-7-11-20)31-22-15-18(12-13-21(17)22)25-24-26(28)29-16-30-27(24)33(32-25)19-8-4-2-5-9-19/h3,6-7,10-16,19H,2,4-5,8-9H2,1H3,(H2,28,29,30). The number of hydrogen-bond donors (Lipinski definition) is 1. The van der Waals surface area contributed by atoms with Crippen molar-refractivity contribution in [1.29, 1.82) is 0 Å². The summed E-state index contributed by atoms with van der Waals surface area (Å²) in [5, 5.41) is 6.92. The molecular formula is C27H26N6O. The summed E-state index contributed by atoms with van der Waals surface area (Å²) in [6.45, 7) is 2.07. The molecule has 0 aliphatic heterocycles. The second-order valence-corrected chi connectivity index (χ2v) is 8.97. The van der Waals surface area contributed by atoms with Crippen molar-refractivity contribution in [2.24, 2.45) is 0 Å². The van der Waals surface area contributed by atoms with Gasteiger partial charge in [-0.25, -0.2) is 19.6 Å². The van der Waals surface area contributed by atoms with Crippen LogP contribution in [0.25, 0.3) is 33.2 Å². The van der Waals surface area contributed by atoms with Gasteiger partial charge in [0, 0.05) is 17.0 Å². The van der Waals surface area contributed by atoms with Gasteiger partial charge in [0.1, 0.15) is 23.6 Å². The molecule has 2 N–H and O–H groups in total. The molecule has 0 radical (unpaired) electrons. The molecule has 0 amide bonds. The van der Waals surface area contributed by atoms with Crippen molar-refractivity contribution < 1.29 is 4.74 Å². The fraction of sp³-hybridized carbons (Fsp3) is 0.259. The van der Waals surface area contributed by atoms with Crippen molar-refractivity contribution in [1.82, 2.24) is 24.7 Å². The molecular weight excluding hydrogens is 424 g/mol. The topological polar surface area (TPSA) is 91.7 Å². The van der Waals surface area contributed by atoms with Gasteiger partial charge in [-0.05, 0) is 43.5 Å². The first-order valence-corrected chi connectivity index (χ1v) is 11.8. The van der Waals surface area contributed by atoms with E-state index < -0.39 is 0 Å². The maximum absolute atomic E-state index is 6.34. The van der Waals surface area contributed by atoms with Gasteiger partial charge < -0.3 is 10.5 Å². The van der Waals surface area contributed by atoms with Gasteiger partial charge in [-0.3, -0.25) is 0 Å². The number of rotatable bonds is 4. The Kier molecular flexibility index (Phi) is 5.09. The largest absolute Gasteiger partial charge is 0.439 e. The Morgan fingerprint density at radius 3 is 2.62 bits per heavy atom. The quantitative estimate of drug-likeness (QED) is 0.349. The van der Waals surface area contributed by atoms with Crippen molar-refractivity contribution in [2.75, 3.05) is 5.73 Å². The van der Waals surface area contributed by atoms with Gasteiger partial charge in [0.15, 0.2) is 5.65 Å². The van der Waals surface area contributed by atoms with Crippen LogP contribution in [0.3, 0.4) is 0 Å². The molecule has 2 aromatic carbocycles. The highest BCUT2D eigenvalue weighted by atomic mass is 16.5. The predicted octanol–water partition coefficient (Wildman–Crippen LogP) is 6.23. The van der Waals surface area contributed by atoms with E-state index in [4.69, 9.17) is 20.6 Å². The van der Waals surface area contributed by atoms with Crippen LogP contribution in [0.4, 0.5) is 5.82 Å². The smallest absolute Gasteiger partial charge is 0.220 e. The zero-order valence-electron chi connectivity index (χ0n) is 19.1. The normalized spacial score (nSPS) is 14.6. The van der Waals surface area contributed by atoms with E-state index in [1.54, 1.807) is 0 Å². The molecule has 6 rings (SSSR count). The molecule has 1 aliphatic carbocycles. The maximum Gasteiger partial charge on any atom is 0.220 e. The number of aromatic nitrogens is 5. The molecule has 0 saturated heterocycles. The van der Waals surface area contributed by atoms with E-state index >= 15 is 0 Å². The molecule has 3 heterocycles. The first-order chi connectivity index (χ1) is 16.7. The zero-order valence-corrected chi connectivity index (χ0v) is 19.1. The van der Waals surface area contributed by atoms with Crippen LogP contribution in [0.1, 0.15) is 43.7 Å². The number of benzene rings is 2. The number of anilines is 1. The lowest BCUT2D eigenvalue weighted by molar-refractivity contribution is 0.336. The highest BCUT2D eigenvalue weighted by Gasteiger charge is 2.24. The van der Waals surface area contributed by atoms with Crippen molar-refractivity contribution in [3.05, 3.63) is 66.5 Å². The van der Waals surface area contributed by atoms with Crippen LogP contribution >= 0.6 is 0 Å². The van der Waals surface area contributed by atoms with Gasteiger partial charge in [-0.15, -0.1) is 0 Å². The molecule has 3 aromatic heterocycles. The number of nitrogen functional groups attached to an aromatic ring is 1. The number of fused-ring (bicyclic) bond motifs is 2. The van der Waals surface area contributed by atoms with Crippen molar-refractivity contribution in [3.63, 3.8) is 0 Å². The van der Waals surface area contributed by atoms with Crippen LogP contribution < -0.4 is 10.5 Å². The van der Waals surface area contributed by atoms with Gasteiger partial charge in [0.25, 0.3) is 0 Å². The molecule has 0 spiro atoms. The second-order valence-electron chi connectivity index (χ2n) is 8.97. The Labute approximate surface area is 197 Å². The van der Waals surface area contributed by atoms with E-state index in [0.717, 1.165) is 57.3 Å². The molecule has 1 fully saturated rings. The SMILES string of the molecule is Cc1cc(Oc2ccccc2)nc2cc(-c3nn(C4CCCCC4)c4ncnc(N)c34)ccc12. The lowest BCUT2D eigenvalue weighted by atomic mass is 9.96. The van der Waals surface area contributed by atoms with Crippen LogP contribution in [0, 0.1) is 6.92 Å². The summed E-state index contributed by atoms with van der Waals surface area (Å²) in [6.07, 6.45) is 7.46. The Morgan fingerprint density at radius 1 is 0.971 bits per heavy atom. The summed E-state index contributed by atoms with van der Waals surface area (Å²) in [5.41, 5.74) is 10.8. The number of nitrogens with zero attached hydrogens (tertiary/aromatic N) is 5. The number of para-hydroxylation sites is 1. The molecule has 0 unspecified atom stereocenters. The number of pyridine rings is 1. The van der Waals surface area contributed by atoms with Gasteiger partial charge in [0.05, 0.1) is 16.9 Å². The van der Waals surface area contributed by atoms with Gasteiger partial charge in [-0.2, -0.15) is 5.10 Å². The van der Waals surface area contributed by atoms with E-state index in [-0.39, 0.29) is 0 Å². The highest BCUT2D eigenvalue weighted by Crippen LogP contribution is 2.37. The summed E-state index contributed by atoms with van der Waals surface area (Å²) in [7, 11) is 0. The van der Waals surface area contributed by atoms with E-state index in [0.29, 0.717) is 17.7 Å². The Bertz CT molecular complexity index is 1490. The third kappa shape index (κ3) is 3.63. The average Bonchev–Trinajstić information content (AvgIpc) is 3.26. The minimum atomic E-state index is 0.339. The van der Waals surface area contributed by atoms with E-state index in [9.17, 15) is 0 Å². The third-order valence-corrected chi connectivity index (χ3v) is 6.67. The van der Waals surface area contributed by atoms with Gasteiger partial charge >= 0.3 is 0 Å². The molecule has 1 aliphatic rings. The fourth-order valence-corrected chi connectivity index (χ4v) is 4.96. The first kappa shape index (κ1) is 20.6. The van der Waals surface area contributed by atoms with Crippen molar-refractivity contribution in [2.45, 2.75) is 45.1 Å². The van der Waals surface area contributed by atoms with Crippen LogP contribution in [0.5, 0.6) is 11.6 Å². The second kappa shape index (κ2) is 8.41. The van der Waals surface area contributed by atoms with Crippen LogP contribution in [-0.4, -0.2) is 24.7 Å². The molecule has 34 heavy (non-hydrogen) atoms. The highest BCUT2D eigenvalue weighted by molar-refractivity contribution is 6.00. The van der Waals surface area contributed by atoms with E-state index in [1.807, 2.05) is 36.4 Å². The Morgan fingerprint density at radius 2 is 1.79 bits per heavy atom. The third-order valence-electron chi connectivity index (χ3n) is 6.67. The lowest BCUT2D eigenvalue weighted by Gasteiger charge is -2.22.